The molecule has 0 radical (unpaired) electrons. The first-order chi connectivity index (χ1) is 9.33. The van der Waals surface area contributed by atoms with Crippen LogP contribution in [0.25, 0.3) is 0 Å². The van der Waals surface area contributed by atoms with Gasteiger partial charge >= 0.3 is 0 Å². The Morgan fingerprint density at radius 3 is 2.40 bits per heavy atom. The van der Waals surface area contributed by atoms with Crippen LogP contribution in [0.3, 0.4) is 0 Å². The quantitative estimate of drug-likeness (QED) is 0.906. The first kappa shape index (κ1) is 15.3. The largest absolute Gasteiger partial charge is 0.297 e. The van der Waals surface area contributed by atoms with E-state index in [4.69, 9.17) is 11.6 Å². The van der Waals surface area contributed by atoms with Gasteiger partial charge in [0.1, 0.15) is 0 Å². The zero-order valence-electron chi connectivity index (χ0n) is 11.1. The van der Waals surface area contributed by atoms with Gasteiger partial charge in [-0.2, -0.15) is 0 Å². The molecule has 0 aromatic heterocycles. The lowest BCUT2D eigenvalue weighted by Crippen LogP contribution is -2.22. The van der Waals surface area contributed by atoms with E-state index >= 15 is 0 Å². The average Bonchev–Trinajstić information content (AvgIpc) is 2.96. The summed E-state index contributed by atoms with van der Waals surface area (Å²) in [5.41, 5.74) is 3.90. The van der Waals surface area contributed by atoms with E-state index in [1.165, 1.54) is 16.7 Å². The summed E-state index contributed by atoms with van der Waals surface area (Å²) in [5, 5.41) is 7.71. The molecule has 0 bridgehead atoms. The lowest BCUT2D eigenvalue weighted by Gasteiger charge is -2.17. The fourth-order valence-corrected chi connectivity index (χ4v) is 2.72. The maximum absolute atomic E-state index is 6.14. The highest BCUT2D eigenvalue weighted by Gasteiger charge is 2.18. The molecule has 1 heterocycles. The highest BCUT2D eigenvalue weighted by Crippen LogP contribution is 2.24. The van der Waals surface area contributed by atoms with E-state index in [0.717, 1.165) is 24.5 Å². The molecule has 0 saturated carbocycles. The molecule has 1 saturated heterocycles. The first-order valence-electron chi connectivity index (χ1n) is 6.62. The van der Waals surface area contributed by atoms with E-state index in [2.05, 4.69) is 47.0 Å². The molecule has 20 heavy (non-hydrogen) atoms. The van der Waals surface area contributed by atoms with Crippen LogP contribution < -0.4 is 10.6 Å². The summed E-state index contributed by atoms with van der Waals surface area (Å²) in [7, 11) is 0. The molecule has 2 aromatic rings. The molecule has 0 amide bonds. The number of halogens is 2. The second-order valence-corrected chi connectivity index (χ2v) is 5.28. The lowest BCUT2D eigenvalue weighted by molar-refractivity contribution is 0.583. The number of hydrogen-bond donors (Lipinski definition) is 2. The standard InChI is InChI=1S/C16H17ClN2.ClH/c17-14-7-6-13(10-12-4-2-1-3-5-12)15(11-14)16-18-8-9-19-16;/h1-7,11,16,18-19H,8-10H2;1H. The Labute approximate surface area is 130 Å². The Hall–Kier alpha value is -1.06. The SMILES string of the molecule is Cl.Clc1ccc(Cc2ccccc2)c(C2NCCN2)c1. The zero-order chi connectivity index (χ0) is 13.1. The Morgan fingerprint density at radius 2 is 1.70 bits per heavy atom. The fourth-order valence-electron chi connectivity index (χ4n) is 2.54. The van der Waals surface area contributed by atoms with Gasteiger partial charge in [-0.1, -0.05) is 48.0 Å². The van der Waals surface area contributed by atoms with E-state index in [1.807, 2.05) is 12.1 Å². The van der Waals surface area contributed by atoms with Crippen molar-refractivity contribution in [3.63, 3.8) is 0 Å². The van der Waals surface area contributed by atoms with Crippen LogP contribution in [0.4, 0.5) is 0 Å². The van der Waals surface area contributed by atoms with Crippen LogP contribution >= 0.6 is 24.0 Å². The van der Waals surface area contributed by atoms with Crippen molar-refractivity contribution < 1.29 is 0 Å². The normalized spacial score (nSPS) is 15.1. The van der Waals surface area contributed by atoms with Gasteiger partial charge in [-0.05, 0) is 35.2 Å². The van der Waals surface area contributed by atoms with Gasteiger partial charge in [0, 0.05) is 18.1 Å². The predicted octanol–water partition coefficient (Wildman–Crippen LogP) is 3.54. The molecule has 0 spiro atoms. The third kappa shape index (κ3) is 3.53. The Morgan fingerprint density at radius 1 is 1.00 bits per heavy atom. The van der Waals surface area contributed by atoms with Gasteiger partial charge < -0.3 is 0 Å². The van der Waals surface area contributed by atoms with Crippen molar-refractivity contribution in [1.29, 1.82) is 0 Å². The number of hydrogen-bond acceptors (Lipinski definition) is 2. The van der Waals surface area contributed by atoms with E-state index in [-0.39, 0.29) is 18.6 Å². The van der Waals surface area contributed by atoms with Crippen molar-refractivity contribution in [3.8, 4) is 0 Å². The molecule has 0 unspecified atom stereocenters. The summed E-state index contributed by atoms with van der Waals surface area (Å²) < 4.78 is 0. The Balaban J connectivity index is 0.00000147. The fraction of sp³-hybridized carbons (Fsp3) is 0.250. The smallest absolute Gasteiger partial charge is 0.0839 e. The highest BCUT2D eigenvalue weighted by molar-refractivity contribution is 6.30. The number of benzene rings is 2. The van der Waals surface area contributed by atoms with Crippen molar-refractivity contribution in [2.75, 3.05) is 13.1 Å². The first-order valence-corrected chi connectivity index (χ1v) is 7.00. The third-order valence-corrected chi connectivity index (χ3v) is 3.71. The highest BCUT2D eigenvalue weighted by atomic mass is 35.5. The molecule has 1 aliphatic heterocycles. The van der Waals surface area contributed by atoms with Crippen LogP contribution in [-0.2, 0) is 6.42 Å². The van der Waals surface area contributed by atoms with Crippen LogP contribution in [-0.4, -0.2) is 13.1 Å². The van der Waals surface area contributed by atoms with Crippen molar-refractivity contribution in [2.24, 2.45) is 0 Å². The second kappa shape index (κ2) is 7.09. The van der Waals surface area contributed by atoms with Crippen molar-refractivity contribution in [1.82, 2.24) is 10.6 Å². The summed E-state index contributed by atoms with van der Waals surface area (Å²) in [6.07, 6.45) is 1.16. The molecular formula is C16H18Cl2N2. The molecule has 1 fully saturated rings. The molecule has 0 aliphatic carbocycles. The van der Waals surface area contributed by atoms with Crippen LogP contribution in [0.1, 0.15) is 22.9 Å². The Bertz CT molecular complexity index is 552. The van der Waals surface area contributed by atoms with Crippen LogP contribution in [0.5, 0.6) is 0 Å². The Kier molecular flexibility index (Phi) is 5.44. The molecule has 2 aromatic carbocycles. The summed E-state index contributed by atoms with van der Waals surface area (Å²) in [5.74, 6) is 0. The third-order valence-electron chi connectivity index (χ3n) is 3.48. The van der Waals surface area contributed by atoms with Gasteiger partial charge in [0.25, 0.3) is 0 Å². The molecule has 4 heteroatoms. The summed E-state index contributed by atoms with van der Waals surface area (Å²) in [6.45, 7) is 2.00. The van der Waals surface area contributed by atoms with Gasteiger partial charge in [0.15, 0.2) is 0 Å². The van der Waals surface area contributed by atoms with Crippen molar-refractivity contribution in [3.05, 3.63) is 70.2 Å². The maximum Gasteiger partial charge on any atom is 0.0839 e. The van der Waals surface area contributed by atoms with E-state index < -0.39 is 0 Å². The topological polar surface area (TPSA) is 24.1 Å². The van der Waals surface area contributed by atoms with Crippen molar-refractivity contribution >= 4 is 24.0 Å². The molecule has 0 atom stereocenters. The molecule has 2 nitrogen and oxygen atoms in total. The van der Waals surface area contributed by atoms with E-state index in [1.54, 1.807) is 0 Å². The van der Waals surface area contributed by atoms with E-state index in [9.17, 15) is 0 Å². The van der Waals surface area contributed by atoms with Gasteiger partial charge in [0.05, 0.1) is 6.17 Å². The van der Waals surface area contributed by atoms with Gasteiger partial charge in [-0.15, -0.1) is 12.4 Å². The zero-order valence-corrected chi connectivity index (χ0v) is 12.7. The number of nitrogens with one attached hydrogen (secondary N) is 2. The minimum absolute atomic E-state index is 0. The molecule has 1 aliphatic rings. The molecule has 106 valence electrons. The summed E-state index contributed by atoms with van der Waals surface area (Å²) >= 11 is 6.14. The van der Waals surface area contributed by atoms with Gasteiger partial charge in [-0.25, -0.2) is 0 Å². The van der Waals surface area contributed by atoms with E-state index in [0.29, 0.717) is 0 Å². The minimum Gasteiger partial charge on any atom is -0.297 e. The van der Waals surface area contributed by atoms with Crippen LogP contribution in [0, 0.1) is 0 Å². The van der Waals surface area contributed by atoms with Gasteiger partial charge in [-0.3, -0.25) is 10.6 Å². The average molecular weight is 309 g/mol. The monoisotopic (exact) mass is 308 g/mol. The summed E-state index contributed by atoms with van der Waals surface area (Å²) in [4.78, 5) is 0. The lowest BCUT2D eigenvalue weighted by atomic mass is 9.98. The predicted molar refractivity (Wildman–Crippen MR) is 86.7 cm³/mol. The van der Waals surface area contributed by atoms with Crippen molar-refractivity contribution in [2.45, 2.75) is 12.6 Å². The molecule has 2 N–H and O–H groups in total. The van der Waals surface area contributed by atoms with Crippen LogP contribution in [0.15, 0.2) is 48.5 Å². The molecule has 3 rings (SSSR count). The maximum atomic E-state index is 6.14. The minimum atomic E-state index is 0. The van der Waals surface area contributed by atoms with Crippen LogP contribution in [0.2, 0.25) is 5.02 Å². The number of rotatable bonds is 3. The van der Waals surface area contributed by atoms with Gasteiger partial charge in [0.2, 0.25) is 0 Å². The molecular weight excluding hydrogens is 291 g/mol. The second-order valence-electron chi connectivity index (χ2n) is 4.85. The summed E-state index contributed by atoms with van der Waals surface area (Å²) in [6, 6.07) is 16.7.